The third-order valence-corrected chi connectivity index (χ3v) is 2.60. The van der Waals surface area contributed by atoms with E-state index in [4.69, 9.17) is 29.6 Å². The van der Waals surface area contributed by atoms with Gasteiger partial charge in [-0.2, -0.15) is 0 Å². The molecule has 1 atom stereocenters. The molecule has 1 rings (SSSR count). The largest absolute Gasteiger partial charge is 0.491 e. The maximum atomic E-state index is 9.75. The third-order valence-electron chi connectivity index (χ3n) is 2.60. The van der Waals surface area contributed by atoms with E-state index in [9.17, 15) is 5.11 Å². The molecule has 0 saturated carbocycles. The first-order chi connectivity index (χ1) is 11.0. The van der Waals surface area contributed by atoms with Crippen molar-refractivity contribution < 1.29 is 34.8 Å². The van der Waals surface area contributed by atoms with Crippen molar-refractivity contribution in [1.29, 1.82) is 0 Å². The van der Waals surface area contributed by atoms with Crippen molar-refractivity contribution in [3.63, 3.8) is 0 Å². The molecule has 24 heavy (non-hydrogen) atoms. The van der Waals surface area contributed by atoms with Crippen LogP contribution in [0.5, 0.6) is 5.75 Å². The second kappa shape index (κ2) is 10.6. The zero-order valence-electron chi connectivity index (χ0n) is 14.0. The van der Waals surface area contributed by atoms with Gasteiger partial charge in [0.25, 0.3) is 0 Å². The maximum Gasteiger partial charge on any atom is 0.414 e. The van der Waals surface area contributed by atoms with Crippen LogP contribution in [-0.2, 0) is 16.2 Å². The first-order valence-electron chi connectivity index (χ1n) is 7.27. The molecule has 1 unspecified atom stereocenters. The number of carbonyl (C=O) groups is 2. The van der Waals surface area contributed by atoms with E-state index in [-0.39, 0.29) is 18.8 Å². The van der Waals surface area contributed by atoms with Gasteiger partial charge in [0.05, 0.1) is 6.61 Å². The van der Waals surface area contributed by atoms with Gasteiger partial charge in [-0.15, -0.1) is 0 Å². The molecular weight excluding hydrogens is 318 g/mol. The number of carboxylic acid groups (broad SMARTS) is 2. The zero-order chi connectivity index (χ0) is 18.8. The van der Waals surface area contributed by atoms with E-state index >= 15 is 0 Å². The van der Waals surface area contributed by atoms with Gasteiger partial charge < -0.3 is 30.5 Å². The van der Waals surface area contributed by atoms with Crippen LogP contribution in [0.3, 0.4) is 0 Å². The highest BCUT2D eigenvalue weighted by Gasteiger charge is 2.12. The first-order valence-corrected chi connectivity index (χ1v) is 7.27. The Bertz CT molecular complexity index is 496. The average molecular weight is 343 g/mol. The van der Waals surface area contributed by atoms with Crippen molar-refractivity contribution in [1.82, 2.24) is 5.32 Å². The number of aliphatic hydroxyl groups is 2. The summed E-state index contributed by atoms with van der Waals surface area (Å²) < 4.78 is 5.46. The van der Waals surface area contributed by atoms with E-state index in [0.717, 1.165) is 5.56 Å². The molecule has 8 nitrogen and oxygen atoms in total. The summed E-state index contributed by atoms with van der Waals surface area (Å²) >= 11 is 0. The SMILES string of the molecule is CC(C)(C)NCC(O)COc1ccc(CO)cc1.O=C(O)C(=O)O. The van der Waals surface area contributed by atoms with Gasteiger partial charge in [0.2, 0.25) is 0 Å². The lowest BCUT2D eigenvalue weighted by Crippen LogP contribution is -2.42. The molecule has 0 aliphatic heterocycles. The van der Waals surface area contributed by atoms with Crippen molar-refractivity contribution >= 4 is 11.9 Å². The van der Waals surface area contributed by atoms with Gasteiger partial charge >= 0.3 is 11.9 Å². The van der Waals surface area contributed by atoms with Crippen molar-refractivity contribution in [3.05, 3.63) is 29.8 Å². The van der Waals surface area contributed by atoms with Crippen LogP contribution >= 0.6 is 0 Å². The summed E-state index contributed by atoms with van der Waals surface area (Å²) in [5.74, 6) is -2.95. The summed E-state index contributed by atoms with van der Waals surface area (Å²) in [6.45, 7) is 6.93. The van der Waals surface area contributed by atoms with Crippen LogP contribution in [-0.4, -0.2) is 57.2 Å². The molecule has 0 saturated heterocycles. The Hall–Kier alpha value is -2.16. The fraction of sp³-hybridized carbons (Fsp3) is 0.500. The van der Waals surface area contributed by atoms with Crippen molar-refractivity contribution in [2.75, 3.05) is 13.2 Å². The van der Waals surface area contributed by atoms with Gasteiger partial charge in [0.1, 0.15) is 18.5 Å². The van der Waals surface area contributed by atoms with E-state index < -0.39 is 18.0 Å². The Kier molecular flexibility index (Phi) is 9.63. The molecule has 1 aromatic rings. The molecule has 0 aliphatic rings. The molecule has 0 radical (unpaired) electrons. The molecular formula is C16H25NO7. The minimum absolute atomic E-state index is 0.0102. The van der Waals surface area contributed by atoms with Crippen LogP contribution in [0.2, 0.25) is 0 Å². The lowest BCUT2D eigenvalue weighted by atomic mass is 10.1. The molecule has 8 heteroatoms. The molecule has 0 heterocycles. The number of β-amino-alcohol motifs (C(OH)–C–C–N with tert-alkyl or cyclic N) is 1. The van der Waals surface area contributed by atoms with Gasteiger partial charge in [0.15, 0.2) is 0 Å². The quantitative estimate of drug-likeness (QED) is 0.470. The smallest absolute Gasteiger partial charge is 0.414 e. The van der Waals surface area contributed by atoms with E-state index in [2.05, 4.69) is 5.32 Å². The summed E-state index contributed by atoms with van der Waals surface area (Å²) in [6, 6.07) is 7.18. The monoisotopic (exact) mass is 343 g/mol. The van der Waals surface area contributed by atoms with Gasteiger partial charge in [0, 0.05) is 12.1 Å². The zero-order valence-corrected chi connectivity index (χ0v) is 14.0. The number of hydrogen-bond donors (Lipinski definition) is 5. The Labute approximate surface area is 140 Å². The summed E-state index contributed by atoms with van der Waals surface area (Å²) in [5.41, 5.74) is 0.835. The number of aliphatic carboxylic acids is 2. The van der Waals surface area contributed by atoms with E-state index in [0.29, 0.717) is 12.3 Å². The number of hydrogen-bond acceptors (Lipinski definition) is 6. The Morgan fingerprint density at radius 1 is 1.12 bits per heavy atom. The summed E-state index contributed by atoms with van der Waals surface area (Å²) in [5, 5.41) is 36.6. The van der Waals surface area contributed by atoms with Crippen molar-refractivity contribution in [2.45, 2.75) is 39.0 Å². The number of rotatable bonds is 6. The predicted octanol–water partition coefficient (Wildman–Crippen LogP) is 0.462. The van der Waals surface area contributed by atoms with Crippen molar-refractivity contribution in [3.8, 4) is 5.75 Å². The summed E-state index contributed by atoms with van der Waals surface area (Å²) in [7, 11) is 0. The number of carboxylic acids is 2. The molecule has 136 valence electrons. The Morgan fingerprint density at radius 2 is 1.62 bits per heavy atom. The molecule has 0 bridgehead atoms. The van der Waals surface area contributed by atoms with Gasteiger partial charge in [-0.25, -0.2) is 9.59 Å². The molecule has 0 amide bonds. The lowest BCUT2D eigenvalue weighted by molar-refractivity contribution is -0.159. The minimum Gasteiger partial charge on any atom is -0.491 e. The van der Waals surface area contributed by atoms with Gasteiger partial charge in [-0.1, -0.05) is 12.1 Å². The second-order valence-corrected chi connectivity index (χ2v) is 6.01. The summed E-state index contributed by atoms with van der Waals surface area (Å²) in [6.07, 6.45) is -0.540. The molecule has 0 aliphatic carbocycles. The molecule has 0 fully saturated rings. The van der Waals surface area contributed by atoms with Crippen LogP contribution in [0.1, 0.15) is 26.3 Å². The lowest BCUT2D eigenvalue weighted by Gasteiger charge is -2.22. The molecule has 0 spiro atoms. The normalized spacial score (nSPS) is 11.9. The Balaban J connectivity index is 0.000000754. The number of aliphatic hydroxyl groups excluding tert-OH is 2. The maximum absolute atomic E-state index is 9.75. The van der Waals surface area contributed by atoms with Gasteiger partial charge in [-0.05, 0) is 38.5 Å². The molecule has 5 N–H and O–H groups in total. The van der Waals surface area contributed by atoms with E-state index in [1.165, 1.54) is 0 Å². The minimum atomic E-state index is -1.82. The highest BCUT2D eigenvalue weighted by Crippen LogP contribution is 2.12. The second-order valence-electron chi connectivity index (χ2n) is 6.01. The first kappa shape index (κ1) is 21.8. The van der Waals surface area contributed by atoms with Crippen LogP contribution in [0.25, 0.3) is 0 Å². The highest BCUT2D eigenvalue weighted by molar-refractivity contribution is 6.27. The fourth-order valence-corrected chi connectivity index (χ4v) is 1.37. The summed E-state index contributed by atoms with van der Waals surface area (Å²) in [4.78, 5) is 18.2. The number of ether oxygens (including phenoxy) is 1. The van der Waals surface area contributed by atoms with E-state index in [1.807, 2.05) is 20.8 Å². The third kappa shape index (κ3) is 11.4. The predicted molar refractivity (Wildman–Crippen MR) is 86.9 cm³/mol. The van der Waals surface area contributed by atoms with Gasteiger partial charge in [-0.3, -0.25) is 0 Å². The van der Waals surface area contributed by atoms with Crippen molar-refractivity contribution in [2.24, 2.45) is 0 Å². The Morgan fingerprint density at radius 3 is 2.00 bits per heavy atom. The number of benzene rings is 1. The number of nitrogens with one attached hydrogen (secondary N) is 1. The molecule has 1 aromatic carbocycles. The van der Waals surface area contributed by atoms with Crippen LogP contribution in [0, 0.1) is 0 Å². The van der Waals surface area contributed by atoms with Crippen LogP contribution in [0.15, 0.2) is 24.3 Å². The fourth-order valence-electron chi connectivity index (χ4n) is 1.37. The standard InChI is InChI=1S/C14H23NO3.C2H2O4/c1-14(2,3)15-8-12(17)10-18-13-6-4-11(9-16)5-7-13;3-1(4)2(5)6/h4-7,12,15-17H,8-10H2,1-3H3;(H,3,4)(H,5,6). The van der Waals surface area contributed by atoms with Crippen LogP contribution < -0.4 is 10.1 Å². The van der Waals surface area contributed by atoms with E-state index in [1.54, 1.807) is 24.3 Å². The highest BCUT2D eigenvalue weighted by atomic mass is 16.5. The molecule has 0 aromatic heterocycles. The topological polar surface area (TPSA) is 136 Å². The average Bonchev–Trinajstić information content (AvgIpc) is 2.51. The van der Waals surface area contributed by atoms with Crippen LogP contribution in [0.4, 0.5) is 0 Å².